The highest BCUT2D eigenvalue weighted by atomic mass is 15.1. The number of benzene rings is 11. The fourth-order valence-electron chi connectivity index (χ4n) is 10.8. The molecule has 0 atom stereocenters. The number of aryl methyl sites for hydroxylation is 3. The summed E-state index contributed by atoms with van der Waals surface area (Å²) in [5, 5.41) is 2.34. The van der Waals surface area contributed by atoms with E-state index >= 15 is 0 Å². The Morgan fingerprint density at radius 2 is 0.679 bits per heavy atom. The van der Waals surface area contributed by atoms with Crippen molar-refractivity contribution in [2.75, 3.05) is 9.80 Å². The zero-order chi connectivity index (χ0) is 52.5. The number of aromatic nitrogens is 3. The average Bonchev–Trinajstić information content (AvgIpc) is 3.87. The Kier molecular flexibility index (Phi) is 12.5. The fourth-order valence-corrected chi connectivity index (χ4v) is 10.8. The minimum atomic E-state index is 0.717. The van der Waals surface area contributed by atoms with Gasteiger partial charge in [0, 0.05) is 67.3 Å². The SMILES string of the molecule is Cc1ccc(-c2cc(-c3ccc(-c4ccc(-c5ccc(-n6c7ccc(N(c8ccccc8)c8ccccc8)cc7c7cc(N(c8ccccc8)c8ccccc8)ccc76)cc5)c(C)c4)cc3)nc(-c3ccc(C)cc3)n2)cc1. The summed E-state index contributed by atoms with van der Waals surface area (Å²) in [4.78, 5) is 14.8. The number of nitrogens with zero attached hydrogens (tertiary/aromatic N) is 5. The lowest BCUT2D eigenvalue weighted by atomic mass is 9.95. The summed E-state index contributed by atoms with van der Waals surface area (Å²) in [7, 11) is 0. The highest BCUT2D eigenvalue weighted by molar-refractivity contribution is 6.12. The molecule has 0 aliphatic heterocycles. The molecule has 0 saturated carbocycles. The molecule has 372 valence electrons. The van der Waals surface area contributed by atoms with Crippen LogP contribution in [0.4, 0.5) is 34.1 Å². The molecule has 13 aromatic rings. The molecule has 2 aromatic heterocycles. The smallest absolute Gasteiger partial charge is 0.160 e. The molecule has 0 N–H and O–H groups in total. The lowest BCUT2D eigenvalue weighted by Crippen LogP contribution is -2.09. The van der Waals surface area contributed by atoms with Gasteiger partial charge in [0.2, 0.25) is 0 Å². The Hall–Kier alpha value is -10.1. The van der Waals surface area contributed by atoms with E-state index in [1.54, 1.807) is 0 Å². The monoisotopic (exact) mass is 1000 g/mol. The number of hydrogen-bond donors (Lipinski definition) is 0. The molecular formula is C73H55N5. The van der Waals surface area contributed by atoms with Crippen LogP contribution >= 0.6 is 0 Å². The summed E-state index contributed by atoms with van der Waals surface area (Å²) in [5.41, 5.74) is 23.2. The summed E-state index contributed by atoms with van der Waals surface area (Å²) in [5.74, 6) is 0.717. The van der Waals surface area contributed by atoms with Gasteiger partial charge in [-0.1, -0.05) is 187 Å². The molecular weight excluding hydrogens is 947 g/mol. The third kappa shape index (κ3) is 9.29. The predicted molar refractivity (Wildman–Crippen MR) is 327 cm³/mol. The van der Waals surface area contributed by atoms with Crippen LogP contribution in [0.1, 0.15) is 16.7 Å². The summed E-state index contributed by atoms with van der Waals surface area (Å²) in [6.07, 6.45) is 0. The molecule has 11 aromatic carbocycles. The lowest BCUT2D eigenvalue weighted by Gasteiger charge is -2.26. The molecule has 2 heterocycles. The van der Waals surface area contributed by atoms with Crippen molar-refractivity contribution in [3.8, 4) is 61.8 Å². The Morgan fingerprint density at radius 3 is 1.12 bits per heavy atom. The van der Waals surface area contributed by atoms with Crippen LogP contribution in [0.15, 0.2) is 279 Å². The standard InChI is InChI=1S/C73H55N5/c1-50-24-28-55(29-25-50)69-49-70(75-73(74-69)57-30-26-51(2)27-31-57)56-34-32-53(33-35-56)58-38-43-66(52(3)46-58)54-36-39-63(40-37-54)78-71-44-41-64(76(59-16-8-4-9-17-59)60-18-10-5-11-19-60)47-67(71)68-48-65(42-45-72(68)78)77(61-20-12-6-13-21-61)62-22-14-7-15-23-62/h4-49H,1-3H3. The molecule has 0 radical (unpaired) electrons. The maximum atomic E-state index is 5.11. The molecule has 0 aliphatic carbocycles. The maximum absolute atomic E-state index is 5.11. The first kappa shape index (κ1) is 47.6. The van der Waals surface area contributed by atoms with Crippen molar-refractivity contribution in [3.63, 3.8) is 0 Å². The summed E-state index contributed by atoms with van der Waals surface area (Å²) >= 11 is 0. The molecule has 78 heavy (non-hydrogen) atoms. The zero-order valence-electron chi connectivity index (χ0n) is 43.8. The van der Waals surface area contributed by atoms with E-state index in [0.717, 1.165) is 84.5 Å². The van der Waals surface area contributed by atoms with Gasteiger partial charge in [0.1, 0.15) is 0 Å². The summed E-state index contributed by atoms with van der Waals surface area (Å²) in [6, 6.07) is 100. The van der Waals surface area contributed by atoms with E-state index < -0.39 is 0 Å². The van der Waals surface area contributed by atoms with Crippen LogP contribution in [0.2, 0.25) is 0 Å². The minimum Gasteiger partial charge on any atom is -0.310 e. The van der Waals surface area contributed by atoms with Crippen LogP contribution in [0.25, 0.3) is 83.6 Å². The van der Waals surface area contributed by atoms with Gasteiger partial charge in [-0.3, -0.25) is 0 Å². The van der Waals surface area contributed by atoms with Gasteiger partial charge in [0.15, 0.2) is 5.82 Å². The van der Waals surface area contributed by atoms with Crippen molar-refractivity contribution < 1.29 is 0 Å². The Morgan fingerprint density at radius 1 is 0.295 bits per heavy atom. The zero-order valence-corrected chi connectivity index (χ0v) is 43.8. The highest BCUT2D eigenvalue weighted by Crippen LogP contribution is 2.43. The first-order valence-electron chi connectivity index (χ1n) is 26.6. The maximum Gasteiger partial charge on any atom is 0.160 e. The molecule has 13 rings (SSSR count). The van der Waals surface area contributed by atoms with E-state index in [4.69, 9.17) is 9.97 Å². The Labute approximate surface area is 456 Å². The van der Waals surface area contributed by atoms with Crippen molar-refractivity contribution >= 4 is 55.9 Å². The van der Waals surface area contributed by atoms with Gasteiger partial charge in [0.25, 0.3) is 0 Å². The van der Waals surface area contributed by atoms with Crippen LogP contribution in [0, 0.1) is 20.8 Å². The Bertz CT molecular complexity index is 3950. The lowest BCUT2D eigenvalue weighted by molar-refractivity contribution is 1.18. The number of para-hydroxylation sites is 4. The summed E-state index contributed by atoms with van der Waals surface area (Å²) in [6.45, 7) is 6.42. The van der Waals surface area contributed by atoms with Gasteiger partial charge in [-0.15, -0.1) is 0 Å². The van der Waals surface area contributed by atoms with Gasteiger partial charge < -0.3 is 14.4 Å². The number of fused-ring (bicyclic) bond motifs is 3. The second kappa shape index (κ2) is 20.6. The largest absolute Gasteiger partial charge is 0.310 e. The molecule has 0 unspecified atom stereocenters. The van der Waals surface area contributed by atoms with Crippen molar-refractivity contribution in [1.82, 2.24) is 14.5 Å². The Balaban J connectivity index is 0.851. The topological polar surface area (TPSA) is 37.2 Å². The van der Waals surface area contributed by atoms with Crippen LogP contribution in [-0.4, -0.2) is 14.5 Å². The number of rotatable bonds is 12. The van der Waals surface area contributed by atoms with Gasteiger partial charge in [-0.2, -0.15) is 0 Å². The van der Waals surface area contributed by atoms with Gasteiger partial charge >= 0.3 is 0 Å². The molecule has 5 heteroatoms. The van der Waals surface area contributed by atoms with E-state index in [0.29, 0.717) is 5.82 Å². The predicted octanol–water partition coefficient (Wildman–Crippen LogP) is 19.8. The fraction of sp³-hybridized carbons (Fsp3) is 0.0411. The van der Waals surface area contributed by atoms with E-state index in [1.165, 1.54) is 44.2 Å². The summed E-state index contributed by atoms with van der Waals surface area (Å²) < 4.78 is 2.42. The molecule has 0 spiro atoms. The molecule has 5 nitrogen and oxygen atoms in total. The van der Waals surface area contributed by atoms with Crippen LogP contribution < -0.4 is 9.80 Å². The molecule has 0 fully saturated rings. The van der Waals surface area contributed by atoms with E-state index in [9.17, 15) is 0 Å². The normalized spacial score (nSPS) is 11.3. The van der Waals surface area contributed by atoms with Crippen molar-refractivity contribution in [1.29, 1.82) is 0 Å². The van der Waals surface area contributed by atoms with Crippen molar-refractivity contribution in [2.24, 2.45) is 0 Å². The third-order valence-electron chi connectivity index (χ3n) is 14.9. The molecule has 0 amide bonds. The molecule has 0 saturated heterocycles. The second-order valence-electron chi connectivity index (χ2n) is 20.1. The number of anilines is 6. The van der Waals surface area contributed by atoms with Crippen LogP contribution in [-0.2, 0) is 0 Å². The van der Waals surface area contributed by atoms with E-state index in [2.05, 4.69) is 314 Å². The van der Waals surface area contributed by atoms with E-state index in [1.807, 2.05) is 0 Å². The second-order valence-corrected chi connectivity index (χ2v) is 20.1. The first-order chi connectivity index (χ1) is 38.4. The first-order valence-corrected chi connectivity index (χ1v) is 26.6. The van der Waals surface area contributed by atoms with Crippen LogP contribution in [0.5, 0.6) is 0 Å². The van der Waals surface area contributed by atoms with Crippen molar-refractivity contribution in [3.05, 3.63) is 296 Å². The third-order valence-corrected chi connectivity index (χ3v) is 14.9. The average molecular weight is 1000 g/mol. The van der Waals surface area contributed by atoms with Crippen molar-refractivity contribution in [2.45, 2.75) is 20.8 Å². The quantitative estimate of drug-likeness (QED) is 0.122. The molecule has 0 bridgehead atoms. The van der Waals surface area contributed by atoms with Crippen LogP contribution in [0.3, 0.4) is 0 Å². The van der Waals surface area contributed by atoms with Gasteiger partial charge in [-0.25, -0.2) is 9.97 Å². The highest BCUT2D eigenvalue weighted by Gasteiger charge is 2.21. The number of hydrogen-bond acceptors (Lipinski definition) is 4. The molecule has 0 aliphatic rings. The van der Waals surface area contributed by atoms with Gasteiger partial charge in [-0.05, 0) is 152 Å². The van der Waals surface area contributed by atoms with Gasteiger partial charge in [0.05, 0.1) is 22.4 Å². The van der Waals surface area contributed by atoms with E-state index in [-0.39, 0.29) is 0 Å². The minimum absolute atomic E-state index is 0.717.